The first-order chi connectivity index (χ1) is 13.4. The average Bonchev–Trinajstić information content (AvgIpc) is 3.07. The molecule has 0 fully saturated rings. The highest BCUT2D eigenvalue weighted by atomic mass is 35.5. The normalized spacial score (nSPS) is 12.4. The lowest BCUT2D eigenvalue weighted by Gasteiger charge is -2.13. The van der Waals surface area contributed by atoms with Crippen LogP contribution in [0.5, 0.6) is 0 Å². The number of rotatable bonds is 4. The van der Waals surface area contributed by atoms with Gasteiger partial charge in [0, 0.05) is 16.1 Å². The number of halogens is 1. The molecule has 2 aromatic heterocycles. The Morgan fingerprint density at radius 2 is 1.89 bits per heavy atom. The quantitative estimate of drug-likeness (QED) is 0.465. The Hall–Kier alpha value is -2.57. The van der Waals surface area contributed by atoms with Gasteiger partial charge in [-0.25, -0.2) is 0 Å². The van der Waals surface area contributed by atoms with Crippen molar-refractivity contribution in [3.63, 3.8) is 0 Å². The monoisotopic (exact) mass is 410 g/mol. The van der Waals surface area contributed by atoms with E-state index in [2.05, 4.69) is 28.5 Å². The third kappa shape index (κ3) is 3.45. The number of hydrogen-bond acceptors (Lipinski definition) is 4. The van der Waals surface area contributed by atoms with Crippen LogP contribution in [0.15, 0.2) is 53.7 Å². The minimum absolute atomic E-state index is 0.108. The van der Waals surface area contributed by atoms with E-state index in [1.54, 1.807) is 12.1 Å². The first-order valence-corrected chi connectivity index (χ1v) is 10.2. The molecule has 1 amide bonds. The molecule has 0 aliphatic heterocycles. The molecular weight excluding hydrogens is 392 g/mol. The highest BCUT2D eigenvalue weighted by Crippen LogP contribution is 2.29. The second-order valence-corrected chi connectivity index (χ2v) is 8.47. The molecule has 1 atom stereocenters. The molecule has 7 heteroatoms. The molecule has 2 heterocycles. The molecule has 5 nitrogen and oxygen atoms in total. The van der Waals surface area contributed by atoms with Crippen LogP contribution in [0.1, 0.15) is 18.1 Å². The Morgan fingerprint density at radius 3 is 2.71 bits per heavy atom. The van der Waals surface area contributed by atoms with Crippen molar-refractivity contribution in [3.05, 3.63) is 64.7 Å². The van der Waals surface area contributed by atoms with Crippen LogP contribution in [-0.4, -0.2) is 25.8 Å². The zero-order valence-electron chi connectivity index (χ0n) is 15.7. The summed E-state index contributed by atoms with van der Waals surface area (Å²) in [6.45, 7) is 5.86. The maximum Gasteiger partial charge on any atom is 0.237 e. The van der Waals surface area contributed by atoms with Crippen LogP contribution in [0.25, 0.3) is 16.6 Å². The number of anilines is 1. The Labute approximate surface area is 172 Å². The topological polar surface area (TPSA) is 59.3 Å². The van der Waals surface area contributed by atoms with Crippen LogP contribution >= 0.6 is 23.4 Å². The molecule has 0 aliphatic rings. The number of nitrogens with zero attached hydrogens (tertiary/aromatic N) is 3. The predicted molar refractivity (Wildman–Crippen MR) is 115 cm³/mol. The zero-order chi connectivity index (χ0) is 19.8. The number of para-hydroxylation sites is 1. The van der Waals surface area contributed by atoms with Crippen molar-refractivity contribution >= 4 is 51.5 Å². The fraction of sp³-hybridized carbons (Fsp3) is 0.190. The van der Waals surface area contributed by atoms with Crippen molar-refractivity contribution in [3.8, 4) is 0 Å². The summed E-state index contributed by atoms with van der Waals surface area (Å²) in [7, 11) is 0. The van der Waals surface area contributed by atoms with Gasteiger partial charge in [-0.1, -0.05) is 47.6 Å². The van der Waals surface area contributed by atoms with E-state index in [9.17, 15) is 4.79 Å². The van der Waals surface area contributed by atoms with E-state index in [-0.39, 0.29) is 11.2 Å². The Bertz CT molecular complexity index is 1200. The van der Waals surface area contributed by atoms with E-state index in [1.807, 2.05) is 48.6 Å². The fourth-order valence-electron chi connectivity index (χ4n) is 3.13. The lowest BCUT2D eigenvalue weighted by Crippen LogP contribution is -2.23. The van der Waals surface area contributed by atoms with Crippen molar-refractivity contribution in [2.75, 3.05) is 5.32 Å². The van der Waals surface area contributed by atoms with Gasteiger partial charge >= 0.3 is 0 Å². The lowest BCUT2D eigenvalue weighted by molar-refractivity contribution is -0.115. The Kier molecular flexibility index (Phi) is 5.00. The van der Waals surface area contributed by atoms with Crippen LogP contribution in [0.3, 0.4) is 0 Å². The van der Waals surface area contributed by atoms with Gasteiger partial charge in [0.15, 0.2) is 10.8 Å². The number of hydrogen-bond donors (Lipinski definition) is 1. The maximum atomic E-state index is 12.7. The highest BCUT2D eigenvalue weighted by Gasteiger charge is 2.20. The van der Waals surface area contributed by atoms with Gasteiger partial charge in [0.1, 0.15) is 0 Å². The number of nitrogens with one attached hydrogen (secondary N) is 1. The van der Waals surface area contributed by atoms with Gasteiger partial charge in [-0.15, -0.1) is 10.2 Å². The summed E-state index contributed by atoms with van der Waals surface area (Å²) in [6.07, 6.45) is 0. The van der Waals surface area contributed by atoms with Crippen LogP contribution in [-0.2, 0) is 4.79 Å². The van der Waals surface area contributed by atoms with Crippen LogP contribution in [0.2, 0.25) is 5.02 Å². The van der Waals surface area contributed by atoms with Gasteiger partial charge in [-0.05, 0) is 56.2 Å². The SMILES string of the molecule is Cc1ccc(Cl)cc1NC(=O)C(C)Sc1nnc2cc(C)c3ccccc3n12. The van der Waals surface area contributed by atoms with Gasteiger partial charge in [0.2, 0.25) is 5.91 Å². The smallest absolute Gasteiger partial charge is 0.237 e. The first-order valence-electron chi connectivity index (χ1n) is 8.91. The van der Waals surface area contributed by atoms with Crippen molar-refractivity contribution < 1.29 is 4.79 Å². The number of amides is 1. The molecule has 1 unspecified atom stereocenters. The van der Waals surface area contributed by atoms with Crippen LogP contribution < -0.4 is 5.32 Å². The second-order valence-electron chi connectivity index (χ2n) is 6.73. The minimum atomic E-state index is -0.356. The second kappa shape index (κ2) is 7.45. The molecule has 0 aliphatic carbocycles. The summed E-state index contributed by atoms with van der Waals surface area (Å²) in [4.78, 5) is 12.7. The number of benzene rings is 2. The van der Waals surface area contributed by atoms with Gasteiger partial charge in [0.25, 0.3) is 0 Å². The molecule has 4 rings (SSSR count). The molecule has 0 radical (unpaired) electrons. The molecule has 2 aromatic carbocycles. The summed E-state index contributed by atoms with van der Waals surface area (Å²) in [6, 6.07) is 15.6. The maximum absolute atomic E-state index is 12.7. The number of carbonyl (C=O) groups is 1. The van der Waals surface area contributed by atoms with Crippen LogP contribution in [0, 0.1) is 13.8 Å². The molecule has 4 aromatic rings. The summed E-state index contributed by atoms with van der Waals surface area (Å²) >= 11 is 7.43. The molecule has 0 saturated carbocycles. The van der Waals surface area contributed by atoms with Crippen molar-refractivity contribution in [2.45, 2.75) is 31.2 Å². The summed E-state index contributed by atoms with van der Waals surface area (Å²) in [5, 5.41) is 13.6. The van der Waals surface area contributed by atoms with Gasteiger partial charge in [-0.3, -0.25) is 9.20 Å². The average molecular weight is 411 g/mol. The first kappa shape index (κ1) is 18.8. The molecule has 0 saturated heterocycles. The highest BCUT2D eigenvalue weighted by molar-refractivity contribution is 8.00. The number of pyridine rings is 1. The van der Waals surface area contributed by atoms with E-state index in [1.165, 1.54) is 11.8 Å². The largest absolute Gasteiger partial charge is 0.325 e. The number of aryl methyl sites for hydroxylation is 2. The third-order valence-corrected chi connectivity index (χ3v) is 5.96. The van der Waals surface area contributed by atoms with Gasteiger partial charge in [-0.2, -0.15) is 0 Å². The zero-order valence-corrected chi connectivity index (χ0v) is 17.3. The van der Waals surface area contributed by atoms with E-state index < -0.39 is 0 Å². The Morgan fingerprint density at radius 1 is 1.11 bits per heavy atom. The molecule has 1 N–H and O–H groups in total. The van der Waals surface area contributed by atoms with Crippen molar-refractivity contribution in [2.24, 2.45) is 0 Å². The van der Waals surface area contributed by atoms with E-state index in [4.69, 9.17) is 11.6 Å². The number of carbonyl (C=O) groups excluding carboxylic acids is 1. The van der Waals surface area contributed by atoms with Crippen molar-refractivity contribution in [1.82, 2.24) is 14.6 Å². The van der Waals surface area contributed by atoms with E-state index >= 15 is 0 Å². The van der Waals surface area contributed by atoms with E-state index in [0.717, 1.165) is 33.4 Å². The number of aromatic nitrogens is 3. The summed E-state index contributed by atoms with van der Waals surface area (Å²) in [5.41, 5.74) is 4.64. The van der Waals surface area contributed by atoms with Crippen LogP contribution in [0.4, 0.5) is 5.69 Å². The molecule has 28 heavy (non-hydrogen) atoms. The third-order valence-electron chi connectivity index (χ3n) is 4.68. The van der Waals surface area contributed by atoms with Crippen molar-refractivity contribution in [1.29, 1.82) is 0 Å². The fourth-order valence-corrected chi connectivity index (χ4v) is 4.17. The minimum Gasteiger partial charge on any atom is -0.325 e. The molecule has 0 spiro atoms. The predicted octanol–water partition coefficient (Wildman–Crippen LogP) is 5.27. The molecular formula is C21H19ClN4OS. The molecule has 142 valence electrons. The Balaban J connectivity index is 1.63. The molecule has 0 bridgehead atoms. The van der Waals surface area contributed by atoms with E-state index in [0.29, 0.717) is 10.2 Å². The lowest BCUT2D eigenvalue weighted by atomic mass is 10.1. The van der Waals surface area contributed by atoms with Gasteiger partial charge in [0.05, 0.1) is 10.8 Å². The van der Waals surface area contributed by atoms with Gasteiger partial charge < -0.3 is 5.32 Å². The summed E-state index contributed by atoms with van der Waals surface area (Å²) < 4.78 is 2.00. The number of thioether (sulfide) groups is 1. The standard InChI is InChI=1S/C21H19ClN4OS/c1-12-8-9-15(22)11-17(12)23-20(27)14(3)28-21-25-24-19-10-13(2)16-6-4-5-7-18(16)26(19)21/h4-11,14H,1-3H3,(H,23,27). The summed E-state index contributed by atoms with van der Waals surface area (Å²) in [5.74, 6) is -0.108. The number of fused-ring (bicyclic) bond motifs is 3.